The number of likely N-dealkylation sites (N-methyl/N-ethyl adjacent to an activating group) is 1. The molecule has 1 amide bonds. The van der Waals surface area contributed by atoms with Crippen LogP contribution in [-0.2, 0) is 15.1 Å². The van der Waals surface area contributed by atoms with E-state index in [9.17, 15) is 4.79 Å². The van der Waals surface area contributed by atoms with Gasteiger partial charge in [-0.2, -0.15) is 0 Å². The van der Waals surface area contributed by atoms with E-state index in [1.165, 1.54) is 11.2 Å². The van der Waals surface area contributed by atoms with Gasteiger partial charge in [0.1, 0.15) is 23.8 Å². The standard InChI is InChI=1S/C20H21N5O3/c1-19-16(4-3-7-27-19)28-15-6-5-12(13-9-22-11-23-10-13)8-14(15)20(19)17(26)25(2)18(21)24-20/h5-6,8-11,16H,3-4,7H2,1-2H3,(H2,21,24)/t16?,19-,20+/m0/s1. The monoisotopic (exact) mass is 379 g/mol. The highest BCUT2D eigenvalue weighted by Crippen LogP contribution is 2.55. The van der Waals surface area contributed by atoms with Crippen molar-refractivity contribution in [1.29, 1.82) is 0 Å². The molecule has 8 heteroatoms. The number of hydrogen-bond acceptors (Lipinski definition) is 7. The second-order valence-electron chi connectivity index (χ2n) is 7.59. The van der Waals surface area contributed by atoms with E-state index in [4.69, 9.17) is 20.2 Å². The molecule has 1 spiro atoms. The van der Waals surface area contributed by atoms with Crippen molar-refractivity contribution in [3.05, 3.63) is 42.5 Å². The Balaban J connectivity index is 1.78. The Morgan fingerprint density at radius 2 is 2.04 bits per heavy atom. The van der Waals surface area contributed by atoms with Gasteiger partial charge in [0.15, 0.2) is 5.96 Å². The quantitative estimate of drug-likeness (QED) is 0.805. The van der Waals surface area contributed by atoms with E-state index < -0.39 is 11.1 Å². The molecule has 0 saturated carbocycles. The number of fused-ring (bicyclic) bond motifs is 4. The van der Waals surface area contributed by atoms with E-state index in [0.29, 0.717) is 17.9 Å². The van der Waals surface area contributed by atoms with Crippen LogP contribution in [0.2, 0.25) is 0 Å². The number of benzene rings is 1. The summed E-state index contributed by atoms with van der Waals surface area (Å²) in [6, 6.07) is 5.74. The number of ether oxygens (including phenoxy) is 2. The van der Waals surface area contributed by atoms with Gasteiger partial charge in [-0.25, -0.2) is 15.0 Å². The average molecular weight is 379 g/mol. The number of nitrogens with two attached hydrogens (primary N) is 1. The second-order valence-corrected chi connectivity index (χ2v) is 7.59. The van der Waals surface area contributed by atoms with Crippen molar-refractivity contribution in [2.75, 3.05) is 13.7 Å². The number of amides is 1. The summed E-state index contributed by atoms with van der Waals surface area (Å²) in [5.41, 5.74) is 6.24. The lowest BCUT2D eigenvalue weighted by Crippen LogP contribution is -2.67. The molecule has 2 aromatic rings. The maximum Gasteiger partial charge on any atom is 0.265 e. The van der Waals surface area contributed by atoms with Gasteiger partial charge in [0.05, 0.1) is 0 Å². The van der Waals surface area contributed by atoms with E-state index in [1.807, 2.05) is 25.1 Å². The molecule has 1 aromatic carbocycles. The summed E-state index contributed by atoms with van der Waals surface area (Å²) in [6.45, 7) is 2.46. The Labute approximate surface area is 162 Å². The molecule has 8 nitrogen and oxygen atoms in total. The summed E-state index contributed by atoms with van der Waals surface area (Å²) < 4.78 is 12.5. The van der Waals surface area contributed by atoms with E-state index in [1.54, 1.807) is 19.4 Å². The van der Waals surface area contributed by atoms with Crippen molar-refractivity contribution in [1.82, 2.24) is 14.9 Å². The lowest BCUT2D eigenvalue weighted by atomic mass is 9.68. The summed E-state index contributed by atoms with van der Waals surface area (Å²) in [4.78, 5) is 27.8. The summed E-state index contributed by atoms with van der Waals surface area (Å²) in [6.07, 6.45) is 6.31. The molecule has 3 aliphatic rings. The Morgan fingerprint density at radius 1 is 1.25 bits per heavy atom. The molecule has 1 saturated heterocycles. The predicted molar refractivity (Wildman–Crippen MR) is 102 cm³/mol. The molecule has 1 fully saturated rings. The number of carbonyl (C=O) groups is 1. The summed E-state index contributed by atoms with van der Waals surface area (Å²) in [5.74, 6) is 0.611. The van der Waals surface area contributed by atoms with E-state index >= 15 is 0 Å². The molecule has 0 aliphatic carbocycles. The van der Waals surface area contributed by atoms with Crippen molar-refractivity contribution in [3.8, 4) is 16.9 Å². The first kappa shape index (κ1) is 17.1. The summed E-state index contributed by atoms with van der Waals surface area (Å²) in [5, 5.41) is 0. The first-order valence-corrected chi connectivity index (χ1v) is 9.31. The fourth-order valence-electron chi connectivity index (χ4n) is 4.53. The highest BCUT2D eigenvalue weighted by molar-refractivity contribution is 6.08. The minimum atomic E-state index is -1.28. The first-order valence-electron chi connectivity index (χ1n) is 9.31. The molecule has 144 valence electrons. The number of nitrogens with zero attached hydrogens (tertiary/aromatic N) is 4. The molecule has 3 aliphatic heterocycles. The minimum Gasteiger partial charge on any atom is -0.487 e. The van der Waals surface area contributed by atoms with Gasteiger partial charge in [-0.1, -0.05) is 6.07 Å². The average Bonchev–Trinajstić information content (AvgIpc) is 2.95. The number of aromatic nitrogens is 2. The lowest BCUT2D eigenvalue weighted by Gasteiger charge is -2.52. The van der Waals surface area contributed by atoms with Gasteiger partial charge in [0.25, 0.3) is 5.91 Å². The van der Waals surface area contributed by atoms with Crippen molar-refractivity contribution < 1.29 is 14.3 Å². The summed E-state index contributed by atoms with van der Waals surface area (Å²) in [7, 11) is 1.64. The van der Waals surface area contributed by atoms with Crippen LogP contribution in [0.4, 0.5) is 0 Å². The van der Waals surface area contributed by atoms with E-state index in [-0.39, 0.29) is 18.0 Å². The van der Waals surface area contributed by atoms with Crippen molar-refractivity contribution >= 4 is 11.9 Å². The highest BCUT2D eigenvalue weighted by atomic mass is 16.6. The van der Waals surface area contributed by atoms with E-state index in [0.717, 1.165) is 24.0 Å². The van der Waals surface area contributed by atoms with Crippen LogP contribution in [0.3, 0.4) is 0 Å². The molecule has 28 heavy (non-hydrogen) atoms. The Morgan fingerprint density at radius 3 is 2.75 bits per heavy atom. The fraction of sp³-hybridized carbons (Fsp3) is 0.400. The molecule has 3 atom stereocenters. The SMILES string of the molecule is CN1C(=O)[C@]2(N=C1N)c1cc(-c3cncnc3)ccc1OC1CCCO[C@@]12C. The van der Waals surface area contributed by atoms with Crippen molar-refractivity contribution in [2.45, 2.75) is 37.0 Å². The first-order chi connectivity index (χ1) is 13.5. The number of aliphatic imine (C=N–C) groups is 1. The normalized spacial score (nSPS) is 31.2. The van der Waals surface area contributed by atoms with Crippen LogP contribution in [0.1, 0.15) is 25.3 Å². The lowest BCUT2D eigenvalue weighted by molar-refractivity contribution is -0.191. The van der Waals surface area contributed by atoms with Crippen LogP contribution in [0.25, 0.3) is 11.1 Å². The van der Waals surface area contributed by atoms with Crippen molar-refractivity contribution in [3.63, 3.8) is 0 Å². The van der Waals surface area contributed by atoms with Gasteiger partial charge < -0.3 is 15.2 Å². The molecular weight excluding hydrogens is 358 g/mol. The summed E-state index contributed by atoms with van der Waals surface area (Å²) >= 11 is 0. The Kier molecular flexibility index (Phi) is 3.51. The zero-order chi connectivity index (χ0) is 19.5. The number of guanidine groups is 1. The van der Waals surface area contributed by atoms with Crippen LogP contribution in [0.5, 0.6) is 5.75 Å². The molecular formula is C20H21N5O3. The third kappa shape index (κ3) is 2.03. The van der Waals surface area contributed by atoms with Crippen LogP contribution >= 0.6 is 0 Å². The third-order valence-corrected chi connectivity index (χ3v) is 6.12. The minimum absolute atomic E-state index is 0.181. The smallest absolute Gasteiger partial charge is 0.265 e. The maximum atomic E-state index is 13.5. The highest BCUT2D eigenvalue weighted by Gasteiger charge is 2.68. The van der Waals surface area contributed by atoms with Gasteiger partial charge in [-0.05, 0) is 37.5 Å². The molecule has 5 rings (SSSR count). The zero-order valence-electron chi connectivity index (χ0n) is 15.8. The topological polar surface area (TPSA) is 103 Å². The zero-order valence-corrected chi connectivity index (χ0v) is 15.8. The van der Waals surface area contributed by atoms with E-state index in [2.05, 4.69) is 9.97 Å². The molecule has 0 bridgehead atoms. The van der Waals surface area contributed by atoms with Crippen LogP contribution < -0.4 is 10.5 Å². The molecule has 4 heterocycles. The van der Waals surface area contributed by atoms with Gasteiger partial charge in [-0.3, -0.25) is 9.69 Å². The molecule has 1 aromatic heterocycles. The largest absolute Gasteiger partial charge is 0.487 e. The number of carbonyl (C=O) groups excluding carboxylic acids is 1. The molecule has 0 radical (unpaired) electrons. The number of rotatable bonds is 1. The maximum absolute atomic E-state index is 13.5. The van der Waals surface area contributed by atoms with Crippen LogP contribution in [-0.4, -0.2) is 52.1 Å². The van der Waals surface area contributed by atoms with Gasteiger partial charge in [-0.15, -0.1) is 0 Å². The van der Waals surface area contributed by atoms with Gasteiger partial charge >= 0.3 is 0 Å². The Hall–Kier alpha value is -3.00. The van der Waals surface area contributed by atoms with Crippen LogP contribution in [0, 0.1) is 0 Å². The molecule has 2 N–H and O–H groups in total. The Bertz CT molecular complexity index is 995. The van der Waals surface area contributed by atoms with Gasteiger partial charge in [0, 0.05) is 37.2 Å². The third-order valence-electron chi connectivity index (χ3n) is 6.12. The second kappa shape index (κ2) is 5.75. The van der Waals surface area contributed by atoms with Gasteiger partial charge in [0.2, 0.25) is 5.54 Å². The number of hydrogen-bond donors (Lipinski definition) is 1. The predicted octanol–water partition coefficient (Wildman–Crippen LogP) is 1.46. The molecule has 1 unspecified atom stereocenters. The fourth-order valence-corrected chi connectivity index (χ4v) is 4.53. The van der Waals surface area contributed by atoms with Crippen molar-refractivity contribution in [2.24, 2.45) is 10.7 Å². The van der Waals surface area contributed by atoms with Crippen LogP contribution in [0.15, 0.2) is 41.9 Å².